The van der Waals surface area contributed by atoms with Crippen LogP contribution in [-0.2, 0) is 0 Å². The Morgan fingerprint density at radius 1 is 0.380 bits per heavy atom. The van der Waals surface area contributed by atoms with E-state index in [1.165, 1.54) is 0 Å². The van der Waals surface area contributed by atoms with Crippen LogP contribution in [0.2, 0.25) is 0 Å². The summed E-state index contributed by atoms with van der Waals surface area (Å²) < 4.78 is 4.49. The maximum Gasteiger partial charge on any atom is 0.238 e. The molecule has 0 bridgehead atoms. The van der Waals surface area contributed by atoms with Gasteiger partial charge in [-0.2, -0.15) is 9.97 Å². The third-order valence-corrected chi connectivity index (χ3v) is 9.37. The van der Waals surface area contributed by atoms with Crippen LogP contribution in [0, 0.1) is 0 Å². The lowest BCUT2D eigenvalue weighted by molar-refractivity contribution is 0.953. The van der Waals surface area contributed by atoms with Crippen LogP contribution in [0.1, 0.15) is 0 Å². The molecule has 6 nitrogen and oxygen atoms in total. The Labute approximate surface area is 287 Å². The van der Waals surface area contributed by atoms with Crippen LogP contribution in [0.3, 0.4) is 0 Å². The van der Waals surface area contributed by atoms with E-state index in [1.54, 1.807) is 0 Å². The topological polar surface area (TPSA) is 61.4 Å². The van der Waals surface area contributed by atoms with Crippen LogP contribution in [0.15, 0.2) is 170 Å². The summed E-state index contributed by atoms with van der Waals surface area (Å²) in [7, 11) is 0. The fourth-order valence-corrected chi connectivity index (χ4v) is 7.16. The van der Waals surface area contributed by atoms with Crippen molar-refractivity contribution in [3.8, 4) is 45.8 Å². The van der Waals surface area contributed by atoms with E-state index in [0.29, 0.717) is 17.6 Å². The summed E-state index contributed by atoms with van der Waals surface area (Å²) >= 11 is 0. The van der Waals surface area contributed by atoms with Crippen LogP contribution in [0.5, 0.6) is 0 Å². The molecule has 7 aromatic carbocycles. The minimum atomic E-state index is 0.567. The summed E-state index contributed by atoms with van der Waals surface area (Å²) in [5.74, 6) is 2.71. The molecular formula is C44H28N6. The standard InChI is InChI=1S/C44H28N6/c1-5-15-30(16-6-1)41-46-42(31-17-7-2-8-18-31)48-44(47-41)50-36-24-14-13-23-34(36)39-37(50)28-26-29-25-27-35-40(38(29)39)49(33-21-11-4-12-22-33)43(45-35)32-19-9-3-10-20-32/h1-28H. The van der Waals surface area contributed by atoms with Gasteiger partial charge in [0.2, 0.25) is 5.95 Å². The average molecular weight is 641 g/mol. The Bertz CT molecular complexity index is 2780. The van der Waals surface area contributed by atoms with Crippen LogP contribution in [0.25, 0.3) is 89.4 Å². The zero-order chi connectivity index (χ0) is 33.0. The van der Waals surface area contributed by atoms with Crippen LogP contribution in [0.4, 0.5) is 0 Å². The third kappa shape index (κ3) is 4.43. The predicted molar refractivity (Wildman–Crippen MR) is 203 cm³/mol. The normalized spacial score (nSPS) is 11.6. The molecule has 0 N–H and O–H groups in total. The van der Waals surface area contributed by atoms with Crippen LogP contribution >= 0.6 is 0 Å². The smallest absolute Gasteiger partial charge is 0.238 e. The minimum absolute atomic E-state index is 0.567. The molecule has 10 rings (SSSR count). The van der Waals surface area contributed by atoms with Crippen LogP contribution < -0.4 is 0 Å². The number of nitrogens with zero attached hydrogens (tertiary/aromatic N) is 6. The van der Waals surface area contributed by atoms with E-state index in [9.17, 15) is 0 Å². The SMILES string of the molecule is c1ccc(-c2nc(-c3ccccc3)nc(-n3c4ccccc4c4c5c(ccc6nc(-c7ccccc7)n(-c7ccccc7)c65)ccc43)n2)cc1. The first-order valence-corrected chi connectivity index (χ1v) is 16.7. The van der Waals surface area contributed by atoms with Crippen molar-refractivity contribution in [2.75, 3.05) is 0 Å². The highest BCUT2D eigenvalue weighted by molar-refractivity contribution is 6.27. The molecule has 0 amide bonds. The second kappa shape index (κ2) is 11.4. The van der Waals surface area contributed by atoms with Gasteiger partial charge in [0.1, 0.15) is 5.82 Å². The number of benzene rings is 7. The van der Waals surface area contributed by atoms with Gasteiger partial charge in [-0.25, -0.2) is 9.97 Å². The maximum absolute atomic E-state index is 5.27. The molecule has 0 radical (unpaired) electrons. The van der Waals surface area contributed by atoms with Crippen molar-refractivity contribution in [3.63, 3.8) is 0 Å². The predicted octanol–water partition coefficient (Wildman–Crippen LogP) is 10.5. The lowest BCUT2D eigenvalue weighted by Gasteiger charge is -2.12. The highest BCUT2D eigenvalue weighted by Crippen LogP contribution is 2.41. The highest BCUT2D eigenvalue weighted by atomic mass is 15.2. The lowest BCUT2D eigenvalue weighted by Crippen LogP contribution is -2.06. The molecule has 6 heteroatoms. The molecule has 0 fully saturated rings. The molecule has 50 heavy (non-hydrogen) atoms. The molecule has 0 atom stereocenters. The van der Waals surface area contributed by atoms with Gasteiger partial charge in [-0.3, -0.25) is 9.13 Å². The number of hydrogen-bond acceptors (Lipinski definition) is 4. The Balaban J connectivity index is 1.34. The third-order valence-electron chi connectivity index (χ3n) is 9.37. The summed E-state index contributed by atoms with van der Waals surface area (Å²) in [4.78, 5) is 20.5. The number of hydrogen-bond donors (Lipinski definition) is 0. The van der Waals surface area contributed by atoms with E-state index < -0.39 is 0 Å². The molecular weight excluding hydrogens is 613 g/mol. The van der Waals surface area contributed by atoms with E-state index in [-0.39, 0.29) is 0 Å². The molecule has 0 spiro atoms. The van der Waals surface area contributed by atoms with Crippen molar-refractivity contribution < 1.29 is 0 Å². The van der Waals surface area contributed by atoms with Gasteiger partial charge in [0, 0.05) is 38.5 Å². The summed E-state index contributed by atoms with van der Waals surface area (Å²) in [5, 5.41) is 4.51. The van der Waals surface area contributed by atoms with Gasteiger partial charge < -0.3 is 0 Å². The van der Waals surface area contributed by atoms with Crippen molar-refractivity contribution in [1.82, 2.24) is 29.1 Å². The Kier molecular flexibility index (Phi) is 6.39. The van der Waals surface area contributed by atoms with E-state index in [4.69, 9.17) is 19.9 Å². The first-order valence-electron chi connectivity index (χ1n) is 16.7. The number of imidazole rings is 1. The molecule has 3 heterocycles. The van der Waals surface area contributed by atoms with Gasteiger partial charge in [-0.15, -0.1) is 0 Å². The zero-order valence-corrected chi connectivity index (χ0v) is 26.8. The van der Waals surface area contributed by atoms with Crippen molar-refractivity contribution in [2.45, 2.75) is 0 Å². The van der Waals surface area contributed by atoms with Gasteiger partial charge in [0.15, 0.2) is 11.6 Å². The Hall–Kier alpha value is -6.92. The average Bonchev–Trinajstić information content (AvgIpc) is 3.76. The quantitative estimate of drug-likeness (QED) is 0.188. The van der Waals surface area contributed by atoms with Gasteiger partial charge in [-0.05, 0) is 35.7 Å². The van der Waals surface area contributed by atoms with Gasteiger partial charge in [0.05, 0.1) is 22.1 Å². The fraction of sp³-hybridized carbons (Fsp3) is 0. The first kappa shape index (κ1) is 28.1. The maximum atomic E-state index is 5.27. The number of fused-ring (bicyclic) bond motifs is 7. The summed E-state index contributed by atoms with van der Waals surface area (Å²) in [6.07, 6.45) is 0. The Morgan fingerprint density at radius 2 is 0.940 bits per heavy atom. The van der Waals surface area contributed by atoms with E-state index in [2.05, 4.69) is 112 Å². The Morgan fingerprint density at radius 3 is 1.60 bits per heavy atom. The van der Waals surface area contributed by atoms with Crippen molar-refractivity contribution in [2.24, 2.45) is 0 Å². The van der Waals surface area contributed by atoms with Gasteiger partial charge in [-0.1, -0.05) is 140 Å². The van der Waals surface area contributed by atoms with Crippen molar-refractivity contribution in [1.29, 1.82) is 0 Å². The van der Waals surface area contributed by atoms with Crippen LogP contribution in [-0.4, -0.2) is 29.1 Å². The fourth-order valence-electron chi connectivity index (χ4n) is 7.16. The molecule has 0 aliphatic rings. The monoisotopic (exact) mass is 640 g/mol. The summed E-state index contributed by atoms with van der Waals surface area (Å²) in [6, 6.07) is 58.4. The molecule has 0 unspecified atom stereocenters. The molecule has 0 saturated carbocycles. The summed E-state index contributed by atoms with van der Waals surface area (Å²) in [5.41, 5.74) is 8.00. The molecule has 10 aromatic rings. The number of para-hydroxylation sites is 2. The number of rotatable bonds is 5. The molecule has 234 valence electrons. The lowest BCUT2D eigenvalue weighted by atomic mass is 10.0. The molecule has 3 aromatic heterocycles. The largest absolute Gasteiger partial charge is 0.292 e. The second-order valence-electron chi connectivity index (χ2n) is 12.3. The molecule has 0 aliphatic carbocycles. The number of aromatic nitrogens is 6. The van der Waals surface area contributed by atoms with Crippen molar-refractivity contribution >= 4 is 43.6 Å². The summed E-state index contributed by atoms with van der Waals surface area (Å²) in [6.45, 7) is 0. The van der Waals surface area contributed by atoms with E-state index in [1.807, 2.05) is 66.7 Å². The first-order chi connectivity index (χ1) is 24.8. The zero-order valence-electron chi connectivity index (χ0n) is 26.8. The molecule has 0 aliphatic heterocycles. The molecule has 0 saturated heterocycles. The van der Waals surface area contributed by atoms with E-state index in [0.717, 1.165) is 71.8 Å². The van der Waals surface area contributed by atoms with Crippen molar-refractivity contribution in [3.05, 3.63) is 170 Å². The van der Waals surface area contributed by atoms with Gasteiger partial charge >= 0.3 is 0 Å². The second-order valence-corrected chi connectivity index (χ2v) is 12.3. The minimum Gasteiger partial charge on any atom is -0.292 e. The van der Waals surface area contributed by atoms with Gasteiger partial charge in [0.25, 0.3) is 0 Å². The van der Waals surface area contributed by atoms with E-state index >= 15 is 0 Å². The highest BCUT2D eigenvalue weighted by Gasteiger charge is 2.23.